The van der Waals surface area contributed by atoms with Gasteiger partial charge in [0, 0.05) is 11.6 Å². The van der Waals surface area contributed by atoms with Crippen LogP contribution in [-0.4, -0.2) is 29.6 Å². The quantitative estimate of drug-likeness (QED) is 0.332. The Balaban J connectivity index is 2.70. The Morgan fingerprint density at radius 1 is 1.36 bits per heavy atom. The number of aryl methyl sites for hydroxylation is 1. The number of nitro benzene ring substituents is 1. The van der Waals surface area contributed by atoms with E-state index in [0.717, 1.165) is 18.9 Å². The summed E-state index contributed by atoms with van der Waals surface area (Å²) < 4.78 is 9.91. The van der Waals surface area contributed by atoms with Gasteiger partial charge in [0.15, 0.2) is 6.10 Å². The van der Waals surface area contributed by atoms with Crippen molar-refractivity contribution in [3.8, 4) is 0 Å². The van der Waals surface area contributed by atoms with E-state index in [2.05, 4.69) is 0 Å². The Hall–Kier alpha value is -2.44. The lowest BCUT2D eigenvalue weighted by Crippen LogP contribution is -2.26. The Labute approximate surface area is 128 Å². The highest BCUT2D eigenvalue weighted by Crippen LogP contribution is 2.20. The molecule has 0 aromatic heterocycles. The van der Waals surface area contributed by atoms with Crippen LogP contribution in [0.2, 0.25) is 0 Å². The van der Waals surface area contributed by atoms with Gasteiger partial charge in [-0.2, -0.15) is 0 Å². The monoisotopic (exact) mass is 309 g/mol. The zero-order valence-corrected chi connectivity index (χ0v) is 12.8. The summed E-state index contributed by atoms with van der Waals surface area (Å²) in [6.07, 6.45) is 0.551. The molecule has 7 nitrogen and oxygen atoms in total. The van der Waals surface area contributed by atoms with Crippen molar-refractivity contribution in [3.05, 3.63) is 39.4 Å². The first kappa shape index (κ1) is 17.6. The molecule has 0 fully saturated rings. The third-order valence-corrected chi connectivity index (χ3v) is 3.00. The van der Waals surface area contributed by atoms with E-state index in [1.807, 2.05) is 6.92 Å². The number of benzene rings is 1. The van der Waals surface area contributed by atoms with Gasteiger partial charge in [-0.1, -0.05) is 19.4 Å². The van der Waals surface area contributed by atoms with Gasteiger partial charge in [0.2, 0.25) is 0 Å². The number of nitro groups is 1. The van der Waals surface area contributed by atoms with Crippen molar-refractivity contribution in [2.45, 2.75) is 39.7 Å². The highest BCUT2D eigenvalue weighted by atomic mass is 16.6. The molecule has 0 bridgehead atoms. The van der Waals surface area contributed by atoms with Crippen LogP contribution < -0.4 is 0 Å². The van der Waals surface area contributed by atoms with Gasteiger partial charge < -0.3 is 9.47 Å². The smallest absolute Gasteiger partial charge is 0.347 e. The fraction of sp³-hybridized carbons (Fsp3) is 0.467. The summed E-state index contributed by atoms with van der Waals surface area (Å²) >= 11 is 0. The van der Waals surface area contributed by atoms with Gasteiger partial charge in [0.25, 0.3) is 5.69 Å². The Bertz CT molecular complexity index is 569. The van der Waals surface area contributed by atoms with E-state index in [9.17, 15) is 19.7 Å². The first-order chi connectivity index (χ1) is 10.4. The van der Waals surface area contributed by atoms with Crippen LogP contribution >= 0.6 is 0 Å². The standard InChI is InChI=1S/C15H19NO6/c1-4-5-8-21-14(17)11(3)22-15(18)12-7-6-10(2)13(9-12)16(19)20/h6-7,9,11H,4-5,8H2,1-3H3. The van der Waals surface area contributed by atoms with E-state index >= 15 is 0 Å². The zero-order valence-electron chi connectivity index (χ0n) is 12.8. The number of hydrogen-bond donors (Lipinski definition) is 0. The minimum Gasteiger partial charge on any atom is -0.463 e. The van der Waals surface area contributed by atoms with Gasteiger partial charge in [-0.05, 0) is 26.3 Å². The molecule has 1 unspecified atom stereocenters. The maximum Gasteiger partial charge on any atom is 0.347 e. The summed E-state index contributed by atoms with van der Waals surface area (Å²) in [5, 5.41) is 10.9. The molecule has 0 spiro atoms. The van der Waals surface area contributed by atoms with E-state index in [0.29, 0.717) is 5.56 Å². The molecule has 0 N–H and O–H groups in total. The SMILES string of the molecule is CCCCOC(=O)C(C)OC(=O)c1ccc(C)c([N+](=O)[O-])c1. The molecule has 0 amide bonds. The molecular weight excluding hydrogens is 290 g/mol. The second-order valence-electron chi connectivity index (χ2n) is 4.83. The molecule has 120 valence electrons. The Kier molecular flexibility index (Phi) is 6.49. The number of carbonyl (C=O) groups is 2. The number of carbonyl (C=O) groups excluding carboxylic acids is 2. The second kappa shape index (κ2) is 8.11. The number of ether oxygens (including phenoxy) is 2. The van der Waals surface area contributed by atoms with Crippen molar-refractivity contribution >= 4 is 17.6 Å². The van der Waals surface area contributed by atoms with E-state index in [1.165, 1.54) is 19.1 Å². The summed E-state index contributed by atoms with van der Waals surface area (Å²) in [5.41, 5.74) is 0.284. The molecule has 0 aliphatic heterocycles. The zero-order chi connectivity index (χ0) is 16.7. The molecule has 0 saturated heterocycles. The van der Waals surface area contributed by atoms with Crippen LogP contribution in [-0.2, 0) is 14.3 Å². The predicted molar refractivity (Wildman–Crippen MR) is 78.6 cm³/mol. The Morgan fingerprint density at radius 3 is 2.64 bits per heavy atom. The molecule has 0 aliphatic carbocycles. The van der Waals surface area contributed by atoms with Crippen molar-refractivity contribution in [1.29, 1.82) is 0 Å². The van der Waals surface area contributed by atoms with E-state index < -0.39 is 23.0 Å². The van der Waals surface area contributed by atoms with Gasteiger partial charge >= 0.3 is 11.9 Å². The summed E-state index contributed by atoms with van der Waals surface area (Å²) in [7, 11) is 0. The third kappa shape index (κ3) is 4.83. The van der Waals surface area contributed by atoms with Gasteiger partial charge in [-0.25, -0.2) is 9.59 Å². The summed E-state index contributed by atoms with van der Waals surface area (Å²) in [6, 6.07) is 4.01. The average Bonchev–Trinajstić information content (AvgIpc) is 2.47. The topological polar surface area (TPSA) is 95.7 Å². The molecule has 7 heteroatoms. The highest BCUT2D eigenvalue weighted by molar-refractivity contribution is 5.92. The fourth-order valence-corrected chi connectivity index (χ4v) is 1.64. The third-order valence-electron chi connectivity index (χ3n) is 3.00. The molecule has 1 atom stereocenters. The Morgan fingerprint density at radius 2 is 2.05 bits per heavy atom. The molecule has 0 heterocycles. The van der Waals surface area contributed by atoms with Crippen molar-refractivity contribution in [1.82, 2.24) is 0 Å². The first-order valence-electron chi connectivity index (χ1n) is 6.99. The van der Waals surface area contributed by atoms with Gasteiger partial charge in [0.1, 0.15) is 0 Å². The molecule has 0 saturated carbocycles. The van der Waals surface area contributed by atoms with E-state index in [4.69, 9.17) is 9.47 Å². The lowest BCUT2D eigenvalue weighted by Gasteiger charge is -2.12. The number of unbranched alkanes of at least 4 members (excludes halogenated alkanes) is 1. The summed E-state index contributed by atoms with van der Waals surface area (Å²) in [5.74, 6) is -1.44. The van der Waals surface area contributed by atoms with Crippen LogP contribution in [0.15, 0.2) is 18.2 Å². The summed E-state index contributed by atoms with van der Waals surface area (Å²) in [6.45, 7) is 5.20. The normalized spacial score (nSPS) is 11.6. The first-order valence-corrected chi connectivity index (χ1v) is 6.99. The maximum atomic E-state index is 11.9. The van der Waals surface area contributed by atoms with Gasteiger partial charge in [-0.15, -0.1) is 0 Å². The number of hydrogen-bond acceptors (Lipinski definition) is 6. The minimum atomic E-state index is -1.07. The average molecular weight is 309 g/mol. The maximum absolute atomic E-state index is 11.9. The summed E-state index contributed by atoms with van der Waals surface area (Å²) in [4.78, 5) is 33.8. The van der Waals surface area contributed by atoms with Crippen LogP contribution in [0.5, 0.6) is 0 Å². The van der Waals surface area contributed by atoms with Crippen molar-refractivity contribution in [3.63, 3.8) is 0 Å². The van der Waals surface area contributed by atoms with Crippen molar-refractivity contribution in [2.24, 2.45) is 0 Å². The number of nitrogens with zero attached hydrogens (tertiary/aromatic N) is 1. The second-order valence-corrected chi connectivity index (χ2v) is 4.83. The van der Waals surface area contributed by atoms with Crippen molar-refractivity contribution < 1.29 is 24.0 Å². The minimum absolute atomic E-state index is 0.0190. The van der Waals surface area contributed by atoms with Crippen LogP contribution in [0.1, 0.15) is 42.6 Å². The molecule has 1 rings (SSSR count). The van der Waals surface area contributed by atoms with Crippen molar-refractivity contribution in [2.75, 3.05) is 6.61 Å². The van der Waals surface area contributed by atoms with Gasteiger partial charge in [0.05, 0.1) is 17.1 Å². The van der Waals surface area contributed by atoms with Crippen LogP contribution in [0.3, 0.4) is 0 Å². The van der Waals surface area contributed by atoms with Crippen LogP contribution in [0, 0.1) is 17.0 Å². The van der Waals surface area contributed by atoms with E-state index in [1.54, 1.807) is 6.92 Å². The largest absolute Gasteiger partial charge is 0.463 e. The molecule has 0 aliphatic rings. The molecule has 0 radical (unpaired) electrons. The van der Waals surface area contributed by atoms with E-state index in [-0.39, 0.29) is 17.9 Å². The molecule has 1 aromatic carbocycles. The number of rotatable bonds is 7. The fourth-order valence-electron chi connectivity index (χ4n) is 1.64. The van der Waals surface area contributed by atoms with Crippen LogP contribution in [0.25, 0.3) is 0 Å². The lowest BCUT2D eigenvalue weighted by molar-refractivity contribution is -0.385. The number of esters is 2. The molecular formula is C15H19NO6. The molecule has 1 aromatic rings. The predicted octanol–water partition coefficient (Wildman–Crippen LogP) is 2.79. The van der Waals surface area contributed by atoms with Gasteiger partial charge in [-0.3, -0.25) is 10.1 Å². The van der Waals surface area contributed by atoms with Crippen LogP contribution in [0.4, 0.5) is 5.69 Å². The molecule has 22 heavy (non-hydrogen) atoms. The lowest BCUT2D eigenvalue weighted by atomic mass is 10.1. The highest BCUT2D eigenvalue weighted by Gasteiger charge is 2.22.